The number of hydrogen-bond acceptors (Lipinski definition) is 5. The average molecular weight is 304 g/mol. The van der Waals surface area contributed by atoms with Crippen molar-refractivity contribution < 1.29 is 19.2 Å². The van der Waals surface area contributed by atoms with Crippen molar-refractivity contribution in [2.24, 2.45) is 0 Å². The molecule has 22 heavy (non-hydrogen) atoms. The average Bonchev–Trinajstić information content (AvgIpc) is 3.05. The van der Waals surface area contributed by atoms with Crippen LogP contribution < -0.4 is 0 Å². The summed E-state index contributed by atoms with van der Waals surface area (Å²) in [6.07, 6.45) is 4.64. The third kappa shape index (κ3) is 4.41. The molecule has 1 fully saturated rings. The molecule has 0 aliphatic carbocycles. The first-order valence-corrected chi connectivity index (χ1v) is 6.93. The second kappa shape index (κ2) is 7.35. The molecule has 1 aromatic carbocycles. The molecule has 1 aliphatic heterocycles. The number of carbonyl (C=O) groups excluding carboxylic acids is 2. The summed E-state index contributed by atoms with van der Waals surface area (Å²) in [5.41, 5.74) is 0.615. The second-order valence-corrected chi connectivity index (χ2v) is 4.88. The first-order valence-electron chi connectivity index (χ1n) is 6.93. The fourth-order valence-electron chi connectivity index (χ4n) is 2.11. The monoisotopic (exact) mass is 304 g/mol. The van der Waals surface area contributed by atoms with E-state index in [0.29, 0.717) is 5.56 Å². The van der Waals surface area contributed by atoms with Crippen LogP contribution in [0.1, 0.15) is 18.4 Å². The van der Waals surface area contributed by atoms with Gasteiger partial charge < -0.3 is 9.64 Å². The quantitative estimate of drug-likeness (QED) is 0.358. The number of nitro groups is 1. The van der Waals surface area contributed by atoms with Gasteiger partial charge in [0.2, 0.25) is 0 Å². The van der Waals surface area contributed by atoms with Gasteiger partial charge in [0.25, 0.3) is 11.6 Å². The van der Waals surface area contributed by atoms with Crippen LogP contribution in [0.4, 0.5) is 5.69 Å². The summed E-state index contributed by atoms with van der Waals surface area (Å²) in [4.78, 5) is 34.9. The number of carbonyl (C=O) groups is 2. The Bertz CT molecular complexity index is 588. The van der Waals surface area contributed by atoms with Gasteiger partial charge in [0.1, 0.15) is 0 Å². The van der Waals surface area contributed by atoms with Gasteiger partial charge in [-0.25, -0.2) is 4.79 Å². The van der Waals surface area contributed by atoms with Gasteiger partial charge >= 0.3 is 5.97 Å². The number of esters is 1. The molecule has 1 saturated heterocycles. The fourth-order valence-corrected chi connectivity index (χ4v) is 2.11. The Morgan fingerprint density at radius 3 is 2.45 bits per heavy atom. The summed E-state index contributed by atoms with van der Waals surface area (Å²) in [7, 11) is 0. The van der Waals surface area contributed by atoms with Crippen molar-refractivity contribution in [2.75, 3.05) is 19.7 Å². The zero-order valence-corrected chi connectivity index (χ0v) is 11.9. The first kappa shape index (κ1) is 15.7. The summed E-state index contributed by atoms with van der Waals surface area (Å²) >= 11 is 0. The number of rotatable bonds is 5. The first-order chi connectivity index (χ1) is 10.6. The largest absolute Gasteiger partial charge is 0.452 e. The molecule has 0 unspecified atom stereocenters. The highest BCUT2D eigenvalue weighted by Crippen LogP contribution is 2.13. The van der Waals surface area contributed by atoms with Crippen LogP contribution >= 0.6 is 0 Å². The maximum atomic E-state index is 11.7. The Kier molecular flexibility index (Phi) is 5.24. The third-order valence-electron chi connectivity index (χ3n) is 3.31. The zero-order valence-electron chi connectivity index (χ0n) is 11.9. The Balaban J connectivity index is 1.80. The van der Waals surface area contributed by atoms with E-state index < -0.39 is 10.9 Å². The second-order valence-electron chi connectivity index (χ2n) is 4.88. The summed E-state index contributed by atoms with van der Waals surface area (Å²) < 4.78 is 4.87. The molecule has 116 valence electrons. The van der Waals surface area contributed by atoms with Crippen molar-refractivity contribution in [1.82, 2.24) is 4.90 Å². The molecule has 0 radical (unpaired) electrons. The minimum atomic E-state index is -0.620. The summed E-state index contributed by atoms with van der Waals surface area (Å²) in [5, 5.41) is 10.5. The van der Waals surface area contributed by atoms with Gasteiger partial charge in [-0.1, -0.05) is 0 Å². The van der Waals surface area contributed by atoms with Crippen molar-refractivity contribution >= 4 is 23.6 Å². The molecule has 0 N–H and O–H groups in total. The van der Waals surface area contributed by atoms with Gasteiger partial charge in [-0.3, -0.25) is 14.9 Å². The number of nitro benzene ring substituents is 1. The summed E-state index contributed by atoms with van der Waals surface area (Å²) in [5.74, 6) is -0.805. The Hall–Kier alpha value is -2.70. The topological polar surface area (TPSA) is 89.7 Å². The molecule has 0 atom stereocenters. The van der Waals surface area contributed by atoms with Crippen LogP contribution in [-0.4, -0.2) is 41.4 Å². The highest BCUT2D eigenvalue weighted by atomic mass is 16.6. The van der Waals surface area contributed by atoms with E-state index in [0.717, 1.165) is 25.9 Å². The van der Waals surface area contributed by atoms with Crippen molar-refractivity contribution in [3.8, 4) is 0 Å². The van der Waals surface area contributed by atoms with Gasteiger partial charge in [-0.05, 0) is 36.6 Å². The lowest BCUT2D eigenvalue weighted by Crippen LogP contribution is -2.31. The van der Waals surface area contributed by atoms with Gasteiger partial charge in [0, 0.05) is 31.3 Å². The number of likely N-dealkylation sites (tertiary alicyclic amines) is 1. The standard InChI is InChI=1S/C15H16N2O5/c18-14(16-9-1-2-10-16)11-22-15(19)8-5-12-3-6-13(7-4-12)17(20)21/h3-8H,1-2,9-11H2/b8-5+. The van der Waals surface area contributed by atoms with E-state index in [1.807, 2.05) is 0 Å². The van der Waals surface area contributed by atoms with E-state index in [9.17, 15) is 19.7 Å². The Labute approximate surface area is 127 Å². The smallest absolute Gasteiger partial charge is 0.331 e. The molecule has 1 heterocycles. The van der Waals surface area contributed by atoms with Gasteiger partial charge in [0.05, 0.1) is 4.92 Å². The lowest BCUT2D eigenvalue weighted by Gasteiger charge is -2.14. The van der Waals surface area contributed by atoms with Crippen molar-refractivity contribution in [2.45, 2.75) is 12.8 Å². The third-order valence-corrected chi connectivity index (χ3v) is 3.31. The molecular weight excluding hydrogens is 288 g/mol. The molecule has 0 saturated carbocycles. The van der Waals surface area contributed by atoms with E-state index in [1.165, 1.54) is 36.4 Å². The van der Waals surface area contributed by atoms with E-state index in [1.54, 1.807) is 4.90 Å². The highest BCUT2D eigenvalue weighted by Gasteiger charge is 2.18. The number of nitrogens with zero attached hydrogens (tertiary/aromatic N) is 2. The van der Waals surface area contributed by atoms with Crippen LogP contribution in [0.2, 0.25) is 0 Å². The predicted octanol–water partition coefficient (Wildman–Crippen LogP) is 1.77. The SMILES string of the molecule is O=C(/C=C/c1ccc([N+](=O)[O-])cc1)OCC(=O)N1CCCC1. The highest BCUT2D eigenvalue weighted by molar-refractivity contribution is 5.89. The van der Waals surface area contributed by atoms with Crippen LogP contribution in [0.15, 0.2) is 30.3 Å². The minimum Gasteiger partial charge on any atom is -0.452 e. The van der Waals surface area contributed by atoms with Gasteiger partial charge in [-0.2, -0.15) is 0 Å². The van der Waals surface area contributed by atoms with E-state index >= 15 is 0 Å². The minimum absolute atomic E-state index is 0.0177. The fraction of sp³-hybridized carbons (Fsp3) is 0.333. The Morgan fingerprint density at radius 2 is 1.86 bits per heavy atom. The van der Waals surface area contributed by atoms with Crippen molar-refractivity contribution in [3.63, 3.8) is 0 Å². The van der Waals surface area contributed by atoms with E-state index in [4.69, 9.17) is 4.74 Å². The lowest BCUT2D eigenvalue weighted by atomic mass is 10.2. The van der Waals surface area contributed by atoms with Crippen LogP contribution in [0.5, 0.6) is 0 Å². The molecule has 7 heteroatoms. The van der Waals surface area contributed by atoms with Crippen LogP contribution in [0.3, 0.4) is 0 Å². The van der Waals surface area contributed by atoms with Gasteiger partial charge in [0.15, 0.2) is 6.61 Å². The molecule has 7 nitrogen and oxygen atoms in total. The Morgan fingerprint density at radius 1 is 1.23 bits per heavy atom. The normalized spacial score (nSPS) is 14.3. The molecule has 2 rings (SSSR count). The molecular formula is C15H16N2O5. The molecule has 0 bridgehead atoms. The number of hydrogen-bond donors (Lipinski definition) is 0. The number of non-ortho nitro benzene ring substituents is 1. The summed E-state index contributed by atoms with van der Waals surface area (Å²) in [6.45, 7) is 1.17. The van der Waals surface area contributed by atoms with Crippen LogP contribution in [-0.2, 0) is 14.3 Å². The molecule has 0 aromatic heterocycles. The maximum absolute atomic E-state index is 11.7. The van der Waals surface area contributed by atoms with E-state index in [-0.39, 0.29) is 18.2 Å². The lowest BCUT2D eigenvalue weighted by molar-refractivity contribution is -0.384. The molecule has 0 spiro atoms. The predicted molar refractivity (Wildman–Crippen MR) is 78.9 cm³/mol. The molecule has 1 amide bonds. The van der Waals surface area contributed by atoms with Crippen molar-refractivity contribution in [3.05, 3.63) is 46.0 Å². The summed E-state index contributed by atoms with van der Waals surface area (Å²) in [6, 6.07) is 5.75. The number of amides is 1. The number of ether oxygens (including phenoxy) is 1. The van der Waals surface area contributed by atoms with Crippen LogP contribution in [0.25, 0.3) is 6.08 Å². The van der Waals surface area contributed by atoms with Crippen LogP contribution in [0, 0.1) is 10.1 Å². The van der Waals surface area contributed by atoms with Crippen molar-refractivity contribution in [1.29, 1.82) is 0 Å². The number of benzene rings is 1. The molecule has 1 aliphatic rings. The maximum Gasteiger partial charge on any atom is 0.331 e. The molecule has 1 aromatic rings. The van der Waals surface area contributed by atoms with Gasteiger partial charge in [-0.15, -0.1) is 0 Å². The van der Waals surface area contributed by atoms with E-state index in [2.05, 4.69) is 0 Å². The zero-order chi connectivity index (χ0) is 15.9.